The minimum absolute atomic E-state index is 0.105. The van der Waals surface area contributed by atoms with E-state index < -0.39 is 11.2 Å². The summed E-state index contributed by atoms with van der Waals surface area (Å²) >= 11 is 0. The number of hydrogen-bond donors (Lipinski definition) is 4. The van der Waals surface area contributed by atoms with Crippen LogP contribution >= 0.6 is 0 Å². The molecule has 0 bridgehead atoms. The van der Waals surface area contributed by atoms with Crippen molar-refractivity contribution in [2.75, 3.05) is 6.54 Å². The second-order valence-corrected chi connectivity index (χ2v) is 4.45. The SMILES string of the molecule is Cc1[nH]c(=O)[nH]c(=O)c1/C=N/NC(=O)C1CCC[NH2+]1. The molecule has 1 aliphatic rings. The molecule has 1 unspecified atom stereocenters. The summed E-state index contributed by atoms with van der Waals surface area (Å²) in [6, 6.07) is -0.105. The number of nitrogens with two attached hydrogens (primary N) is 1. The number of aromatic amines is 2. The van der Waals surface area contributed by atoms with Gasteiger partial charge in [0, 0.05) is 18.5 Å². The van der Waals surface area contributed by atoms with Gasteiger partial charge in [-0.1, -0.05) is 0 Å². The molecular weight excluding hydrogens is 250 g/mol. The average molecular weight is 266 g/mol. The van der Waals surface area contributed by atoms with Crippen LogP contribution in [0, 0.1) is 6.92 Å². The molecule has 5 N–H and O–H groups in total. The molecule has 1 atom stereocenters. The van der Waals surface area contributed by atoms with Crippen LogP contribution in [0.4, 0.5) is 0 Å². The van der Waals surface area contributed by atoms with Crippen LogP contribution in [0.1, 0.15) is 24.1 Å². The molecule has 8 heteroatoms. The molecule has 1 aliphatic heterocycles. The first-order chi connectivity index (χ1) is 9.08. The van der Waals surface area contributed by atoms with Gasteiger partial charge >= 0.3 is 5.69 Å². The fourth-order valence-corrected chi connectivity index (χ4v) is 2.02. The Balaban J connectivity index is 2.05. The Kier molecular flexibility index (Phi) is 3.91. The minimum Gasteiger partial charge on any atom is -0.336 e. The van der Waals surface area contributed by atoms with E-state index in [9.17, 15) is 14.4 Å². The third-order valence-corrected chi connectivity index (χ3v) is 3.05. The predicted molar refractivity (Wildman–Crippen MR) is 68.0 cm³/mol. The summed E-state index contributed by atoms with van der Waals surface area (Å²) in [6.07, 6.45) is 3.08. The number of nitrogens with zero attached hydrogens (tertiary/aromatic N) is 1. The molecule has 1 aromatic heterocycles. The standard InChI is InChI=1S/C11H15N5O3/c1-6-7(9(17)15-11(19)14-6)5-13-16-10(18)8-3-2-4-12-8/h5,8,12H,2-4H2,1H3,(H,16,18)(H2,14,15,17,19)/p+1/b13-5+. The van der Waals surface area contributed by atoms with Crippen LogP contribution in [0.25, 0.3) is 0 Å². The largest absolute Gasteiger partial charge is 0.336 e. The Bertz CT molecular complexity index is 609. The molecule has 0 spiro atoms. The third-order valence-electron chi connectivity index (χ3n) is 3.05. The van der Waals surface area contributed by atoms with Crippen LogP contribution in [0.3, 0.4) is 0 Å². The highest BCUT2D eigenvalue weighted by molar-refractivity contribution is 5.84. The maximum absolute atomic E-state index is 11.7. The average Bonchev–Trinajstić information content (AvgIpc) is 2.85. The first kappa shape index (κ1) is 13.2. The molecule has 1 saturated heterocycles. The molecule has 0 radical (unpaired) electrons. The highest BCUT2D eigenvalue weighted by atomic mass is 16.2. The van der Waals surface area contributed by atoms with Gasteiger partial charge in [-0.25, -0.2) is 10.2 Å². The summed E-state index contributed by atoms with van der Waals surface area (Å²) in [5.41, 5.74) is 1.92. The maximum atomic E-state index is 11.7. The van der Waals surface area contributed by atoms with Crippen molar-refractivity contribution in [3.05, 3.63) is 32.1 Å². The Morgan fingerprint density at radius 1 is 1.47 bits per heavy atom. The lowest BCUT2D eigenvalue weighted by Crippen LogP contribution is -2.89. The minimum atomic E-state index is -0.566. The molecule has 8 nitrogen and oxygen atoms in total. The van der Waals surface area contributed by atoms with Crippen LogP contribution in [0.15, 0.2) is 14.7 Å². The molecule has 1 aromatic rings. The summed E-state index contributed by atoms with van der Waals surface area (Å²) in [7, 11) is 0. The number of aromatic nitrogens is 2. The van der Waals surface area contributed by atoms with Gasteiger partial charge in [-0.15, -0.1) is 0 Å². The molecule has 0 aromatic carbocycles. The van der Waals surface area contributed by atoms with Crippen LogP contribution in [-0.4, -0.2) is 34.7 Å². The van der Waals surface area contributed by atoms with E-state index in [2.05, 4.69) is 20.5 Å². The number of nitrogens with one attached hydrogen (secondary N) is 3. The Labute approximate surface area is 108 Å². The third kappa shape index (κ3) is 3.16. The van der Waals surface area contributed by atoms with E-state index in [1.165, 1.54) is 6.21 Å². The fourth-order valence-electron chi connectivity index (χ4n) is 2.02. The van der Waals surface area contributed by atoms with Crippen LogP contribution in [0.2, 0.25) is 0 Å². The fraction of sp³-hybridized carbons (Fsp3) is 0.455. The molecule has 0 saturated carbocycles. The Hall–Kier alpha value is -2.22. The van der Waals surface area contributed by atoms with E-state index in [4.69, 9.17) is 0 Å². The highest BCUT2D eigenvalue weighted by Gasteiger charge is 2.25. The van der Waals surface area contributed by atoms with Crippen molar-refractivity contribution < 1.29 is 10.1 Å². The zero-order chi connectivity index (χ0) is 13.8. The van der Waals surface area contributed by atoms with Gasteiger partial charge in [-0.2, -0.15) is 5.10 Å². The zero-order valence-electron chi connectivity index (χ0n) is 10.5. The summed E-state index contributed by atoms with van der Waals surface area (Å²) < 4.78 is 0. The molecule has 0 aliphatic carbocycles. The summed E-state index contributed by atoms with van der Waals surface area (Å²) in [5.74, 6) is -0.174. The summed E-state index contributed by atoms with van der Waals surface area (Å²) in [5, 5.41) is 5.71. The molecule has 1 fully saturated rings. The first-order valence-electron chi connectivity index (χ1n) is 6.07. The molecule has 1 amide bonds. The molecular formula is C11H16N5O3+. The van der Waals surface area contributed by atoms with Gasteiger partial charge < -0.3 is 10.3 Å². The van der Waals surface area contributed by atoms with Crippen molar-refractivity contribution >= 4 is 12.1 Å². The number of amides is 1. The van der Waals surface area contributed by atoms with Crippen molar-refractivity contribution in [3.8, 4) is 0 Å². The summed E-state index contributed by atoms with van der Waals surface area (Å²) in [4.78, 5) is 38.7. The maximum Gasteiger partial charge on any atom is 0.325 e. The second-order valence-electron chi connectivity index (χ2n) is 4.45. The Morgan fingerprint density at radius 3 is 2.89 bits per heavy atom. The zero-order valence-corrected chi connectivity index (χ0v) is 10.5. The number of rotatable bonds is 3. The van der Waals surface area contributed by atoms with Crippen LogP contribution in [0.5, 0.6) is 0 Å². The van der Waals surface area contributed by atoms with E-state index in [-0.39, 0.29) is 17.5 Å². The molecule has 19 heavy (non-hydrogen) atoms. The number of hydrogen-bond acceptors (Lipinski definition) is 4. The predicted octanol–water partition coefficient (Wildman–Crippen LogP) is -2.45. The van der Waals surface area contributed by atoms with E-state index >= 15 is 0 Å². The van der Waals surface area contributed by atoms with Crippen molar-refractivity contribution in [1.29, 1.82) is 0 Å². The van der Waals surface area contributed by atoms with Crippen LogP contribution < -0.4 is 22.0 Å². The van der Waals surface area contributed by atoms with Gasteiger partial charge in [0.1, 0.15) is 0 Å². The lowest BCUT2D eigenvalue weighted by molar-refractivity contribution is -0.657. The van der Waals surface area contributed by atoms with Gasteiger partial charge in [0.15, 0.2) is 6.04 Å². The quantitative estimate of drug-likeness (QED) is 0.358. The number of carbonyl (C=O) groups excluding carboxylic acids is 1. The smallest absolute Gasteiger partial charge is 0.325 e. The lowest BCUT2D eigenvalue weighted by Gasteiger charge is -2.04. The van der Waals surface area contributed by atoms with E-state index in [1.807, 2.05) is 5.32 Å². The molecule has 2 heterocycles. The van der Waals surface area contributed by atoms with Gasteiger partial charge in [-0.05, 0) is 6.92 Å². The van der Waals surface area contributed by atoms with Crippen molar-refractivity contribution in [3.63, 3.8) is 0 Å². The molecule has 2 rings (SSSR count). The van der Waals surface area contributed by atoms with Gasteiger partial charge in [0.25, 0.3) is 11.5 Å². The van der Waals surface area contributed by atoms with Crippen molar-refractivity contribution in [1.82, 2.24) is 15.4 Å². The van der Waals surface area contributed by atoms with Crippen LogP contribution in [-0.2, 0) is 4.79 Å². The van der Waals surface area contributed by atoms with E-state index in [1.54, 1.807) is 6.92 Å². The second kappa shape index (κ2) is 5.61. The topological polar surface area (TPSA) is 124 Å². The monoisotopic (exact) mass is 266 g/mol. The lowest BCUT2D eigenvalue weighted by atomic mass is 10.2. The normalized spacial score (nSPS) is 18.9. The number of H-pyrrole nitrogens is 2. The number of hydrazone groups is 1. The number of quaternary nitrogens is 1. The van der Waals surface area contributed by atoms with Gasteiger partial charge in [0.05, 0.1) is 18.3 Å². The summed E-state index contributed by atoms with van der Waals surface area (Å²) in [6.45, 7) is 2.53. The highest BCUT2D eigenvalue weighted by Crippen LogP contribution is 1.97. The first-order valence-corrected chi connectivity index (χ1v) is 6.07. The van der Waals surface area contributed by atoms with E-state index in [0.717, 1.165) is 19.4 Å². The number of aryl methyl sites for hydroxylation is 1. The molecule has 102 valence electrons. The van der Waals surface area contributed by atoms with Gasteiger partial charge in [0.2, 0.25) is 0 Å². The van der Waals surface area contributed by atoms with Crippen molar-refractivity contribution in [2.45, 2.75) is 25.8 Å². The van der Waals surface area contributed by atoms with E-state index in [0.29, 0.717) is 5.69 Å². The number of carbonyl (C=O) groups is 1. The van der Waals surface area contributed by atoms with Gasteiger partial charge in [-0.3, -0.25) is 14.6 Å². The Morgan fingerprint density at radius 2 is 2.26 bits per heavy atom. The van der Waals surface area contributed by atoms with Crippen molar-refractivity contribution in [2.24, 2.45) is 5.10 Å².